The highest BCUT2D eigenvalue weighted by molar-refractivity contribution is 5.38. The molecule has 2 fully saturated rings. The van der Waals surface area contributed by atoms with Crippen LogP contribution < -0.4 is 10.2 Å². The van der Waals surface area contributed by atoms with Gasteiger partial charge in [0.15, 0.2) is 0 Å². The molecule has 0 spiro atoms. The Labute approximate surface area is 101 Å². The first-order valence-electron chi connectivity index (χ1n) is 6.21. The number of morpholine rings is 1. The van der Waals surface area contributed by atoms with Gasteiger partial charge in [0.2, 0.25) is 0 Å². The second kappa shape index (κ2) is 4.58. The average molecular weight is 234 g/mol. The third-order valence-corrected chi connectivity index (χ3v) is 3.40. The van der Waals surface area contributed by atoms with Crippen LogP contribution in [-0.2, 0) is 11.3 Å². The molecular formula is C12H18N4O. The summed E-state index contributed by atoms with van der Waals surface area (Å²) in [6, 6.07) is 0. The van der Waals surface area contributed by atoms with E-state index in [4.69, 9.17) is 4.74 Å². The van der Waals surface area contributed by atoms with Gasteiger partial charge in [0, 0.05) is 25.8 Å². The van der Waals surface area contributed by atoms with Crippen LogP contribution in [0.1, 0.15) is 18.5 Å². The van der Waals surface area contributed by atoms with Crippen molar-refractivity contribution >= 4 is 5.82 Å². The van der Waals surface area contributed by atoms with Crippen molar-refractivity contribution in [3.05, 3.63) is 18.1 Å². The number of nitrogens with one attached hydrogen (secondary N) is 1. The number of rotatable bonds is 3. The molecule has 5 heteroatoms. The van der Waals surface area contributed by atoms with Crippen molar-refractivity contribution in [2.75, 3.05) is 25.0 Å². The molecular weight excluding hydrogens is 216 g/mol. The Hall–Kier alpha value is -1.20. The zero-order valence-corrected chi connectivity index (χ0v) is 10.1. The van der Waals surface area contributed by atoms with Crippen molar-refractivity contribution in [3.63, 3.8) is 0 Å². The highest BCUT2D eigenvalue weighted by atomic mass is 16.5. The van der Waals surface area contributed by atoms with Crippen LogP contribution in [0.25, 0.3) is 0 Å². The zero-order chi connectivity index (χ0) is 11.7. The standard InChI is InChI=1S/C12H18N4O/c1-13-4-9-5-14-6-12(15-9)16-7-10-2-3-11(8-16)17-10/h5-6,10-11,13H,2-4,7-8H2,1H3. The van der Waals surface area contributed by atoms with Crippen LogP contribution in [-0.4, -0.2) is 42.3 Å². The average Bonchev–Trinajstić information content (AvgIpc) is 2.69. The second-order valence-electron chi connectivity index (χ2n) is 4.76. The molecule has 2 unspecified atom stereocenters. The van der Waals surface area contributed by atoms with E-state index in [0.717, 1.165) is 31.1 Å². The molecule has 2 bridgehead atoms. The molecule has 0 radical (unpaired) electrons. The van der Waals surface area contributed by atoms with Crippen LogP contribution in [0.5, 0.6) is 0 Å². The highest BCUT2D eigenvalue weighted by Gasteiger charge is 2.34. The number of aromatic nitrogens is 2. The molecule has 0 aliphatic carbocycles. The number of hydrogen-bond acceptors (Lipinski definition) is 5. The SMILES string of the molecule is CNCc1cncc(N2CC3CCC(C2)O3)n1. The van der Waals surface area contributed by atoms with E-state index in [9.17, 15) is 0 Å². The third-order valence-electron chi connectivity index (χ3n) is 3.40. The fourth-order valence-electron chi connectivity index (χ4n) is 2.62. The van der Waals surface area contributed by atoms with Gasteiger partial charge in [0.1, 0.15) is 5.82 Å². The highest BCUT2D eigenvalue weighted by Crippen LogP contribution is 2.28. The van der Waals surface area contributed by atoms with Gasteiger partial charge in [-0.15, -0.1) is 0 Å². The maximum Gasteiger partial charge on any atom is 0.147 e. The predicted molar refractivity (Wildman–Crippen MR) is 64.9 cm³/mol. The third kappa shape index (κ3) is 2.25. The van der Waals surface area contributed by atoms with Crippen molar-refractivity contribution in [1.29, 1.82) is 0 Å². The predicted octanol–water partition coefficient (Wildman–Crippen LogP) is 0.564. The summed E-state index contributed by atoms with van der Waals surface area (Å²) in [7, 11) is 1.92. The fraction of sp³-hybridized carbons (Fsp3) is 0.667. The first-order valence-corrected chi connectivity index (χ1v) is 6.21. The minimum atomic E-state index is 0.392. The van der Waals surface area contributed by atoms with Gasteiger partial charge >= 0.3 is 0 Å². The van der Waals surface area contributed by atoms with Crippen LogP contribution in [0.4, 0.5) is 5.82 Å². The molecule has 0 aromatic carbocycles. The smallest absolute Gasteiger partial charge is 0.147 e. The molecule has 3 rings (SSSR count). The van der Waals surface area contributed by atoms with Crippen molar-refractivity contribution in [2.45, 2.75) is 31.6 Å². The Balaban J connectivity index is 1.77. The molecule has 0 amide bonds. The quantitative estimate of drug-likeness (QED) is 0.828. The van der Waals surface area contributed by atoms with E-state index < -0.39 is 0 Å². The summed E-state index contributed by atoms with van der Waals surface area (Å²) in [5.41, 5.74) is 0.990. The molecule has 1 aromatic rings. The summed E-state index contributed by atoms with van der Waals surface area (Å²) in [4.78, 5) is 11.2. The van der Waals surface area contributed by atoms with Gasteiger partial charge in [-0.25, -0.2) is 4.98 Å². The fourth-order valence-corrected chi connectivity index (χ4v) is 2.62. The summed E-state index contributed by atoms with van der Waals surface area (Å²) in [5.74, 6) is 0.984. The number of ether oxygens (including phenoxy) is 1. The zero-order valence-electron chi connectivity index (χ0n) is 10.1. The minimum absolute atomic E-state index is 0.392. The summed E-state index contributed by atoms with van der Waals surface area (Å²) in [5, 5.41) is 3.10. The maximum atomic E-state index is 5.82. The molecule has 5 nitrogen and oxygen atoms in total. The number of hydrogen-bond donors (Lipinski definition) is 1. The normalized spacial score (nSPS) is 27.5. The molecule has 1 N–H and O–H groups in total. The van der Waals surface area contributed by atoms with Crippen LogP contribution >= 0.6 is 0 Å². The van der Waals surface area contributed by atoms with E-state index >= 15 is 0 Å². The number of fused-ring (bicyclic) bond motifs is 2. The van der Waals surface area contributed by atoms with Gasteiger partial charge in [-0.1, -0.05) is 0 Å². The molecule has 1 aromatic heterocycles. The van der Waals surface area contributed by atoms with Gasteiger partial charge in [-0.05, 0) is 19.9 Å². The van der Waals surface area contributed by atoms with Gasteiger partial charge in [0.25, 0.3) is 0 Å². The Bertz CT molecular complexity index is 386. The molecule has 92 valence electrons. The van der Waals surface area contributed by atoms with Crippen molar-refractivity contribution < 1.29 is 4.74 Å². The summed E-state index contributed by atoms with van der Waals surface area (Å²) >= 11 is 0. The van der Waals surface area contributed by atoms with Gasteiger partial charge in [0.05, 0.1) is 24.1 Å². The molecule has 3 heterocycles. The van der Waals surface area contributed by atoms with Gasteiger partial charge < -0.3 is 15.0 Å². The van der Waals surface area contributed by atoms with E-state index in [0.29, 0.717) is 12.2 Å². The monoisotopic (exact) mass is 234 g/mol. The van der Waals surface area contributed by atoms with Crippen molar-refractivity contribution in [2.24, 2.45) is 0 Å². The van der Waals surface area contributed by atoms with E-state index in [1.165, 1.54) is 12.8 Å². The van der Waals surface area contributed by atoms with Crippen LogP contribution in [0.2, 0.25) is 0 Å². The lowest BCUT2D eigenvalue weighted by molar-refractivity contribution is 0.0302. The van der Waals surface area contributed by atoms with E-state index in [1.54, 1.807) is 0 Å². The van der Waals surface area contributed by atoms with Crippen LogP contribution in [0, 0.1) is 0 Å². The molecule has 2 atom stereocenters. The van der Waals surface area contributed by atoms with E-state index in [-0.39, 0.29) is 0 Å². The molecule has 0 saturated carbocycles. The summed E-state index contributed by atoms with van der Waals surface area (Å²) in [6.07, 6.45) is 6.82. The van der Waals surface area contributed by atoms with Gasteiger partial charge in [-0.2, -0.15) is 0 Å². The number of nitrogens with zero attached hydrogens (tertiary/aromatic N) is 3. The van der Waals surface area contributed by atoms with Crippen molar-refractivity contribution in [1.82, 2.24) is 15.3 Å². The lowest BCUT2D eigenvalue weighted by atomic mass is 10.2. The Morgan fingerprint density at radius 3 is 2.82 bits per heavy atom. The maximum absolute atomic E-state index is 5.82. The topological polar surface area (TPSA) is 50.3 Å². The van der Waals surface area contributed by atoms with Crippen LogP contribution in [0.3, 0.4) is 0 Å². The summed E-state index contributed by atoms with van der Waals surface area (Å²) in [6.45, 7) is 2.67. The van der Waals surface area contributed by atoms with Gasteiger partial charge in [-0.3, -0.25) is 4.98 Å². The molecule has 2 aliphatic rings. The lowest BCUT2D eigenvalue weighted by Crippen LogP contribution is -2.43. The molecule has 2 saturated heterocycles. The number of anilines is 1. The largest absolute Gasteiger partial charge is 0.371 e. The second-order valence-corrected chi connectivity index (χ2v) is 4.76. The molecule has 17 heavy (non-hydrogen) atoms. The Morgan fingerprint density at radius 2 is 2.12 bits per heavy atom. The Kier molecular flexibility index (Phi) is 2.94. The van der Waals surface area contributed by atoms with E-state index in [2.05, 4.69) is 20.2 Å². The van der Waals surface area contributed by atoms with Crippen molar-refractivity contribution in [3.8, 4) is 0 Å². The minimum Gasteiger partial charge on any atom is -0.371 e. The lowest BCUT2D eigenvalue weighted by Gasteiger charge is -2.32. The molecule has 2 aliphatic heterocycles. The first kappa shape index (κ1) is 10.9. The summed E-state index contributed by atoms with van der Waals surface area (Å²) < 4.78 is 5.82. The first-order chi connectivity index (χ1) is 8.35. The van der Waals surface area contributed by atoms with E-state index in [1.807, 2.05) is 19.4 Å². The van der Waals surface area contributed by atoms with Crippen LogP contribution in [0.15, 0.2) is 12.4 Å². The Morgan fingerprint density at radius 1 is 1.35 bits per heavy atom.